The Bertz CT molecular complexity index is 538. The number of hydrogen-bond acceptors (Lipinski definition) is 3. The largest absolute Gasteiger partial charge is 0.363 e. The molecular weight excluding hydrogens is 266 g/mol. The van der Waals surface area contributed by atoms with Gasteiger partial charge in [0.15, 0.2) is 0 Å². The maximum Gasteiger partial charge on any atom is 0.363 e. The van der Waals surface area contributed by atoms with Gasteiger partial charge in [-0.05, 0) is 51.7 Å². The van der Waals surface area contributed by atoms with Crippen molar-refractivity contribution in [3.05, 3.63) is 46.5 Å². The molecule has 1 rings (SSSR count). The number of rotatable bonds is 5. The van der Waals surface area contributed by atoms with Gasteiger partial charge in [0.2, 0.25) is 0 Å². The molecule has 4 heteroatoms. The predicted octanol–water partition coefficient (Wildman–Crippen LogP) is 3.55. The SMILES string of the molecule is C=C(C)CCCC(=O)NOC(=O)c1c(C)cc(C)cc1C. The molecule has 4 nitrogen and oxygen atoms in total. The van der Waals surface area contributed by atoms with Crippen LogP contribution in [0.1, 0.15) is 53.2 Å². The van der Waals surface area contributed by atoms with Crippen LogP contribution in [0.5, 0.6) is 0 Å². The number of hydrogen-bond donors (Lipinski definition) is 1. The van der Waals surface area contributed by atoms with Gasteiger partial charge in [0.1, 0.15) is 0 Å². The van der Waals surface area contributed by atoms with Gasteiger partial charge in [-0.3, -0.25) is 4.79 Å². The van der Waals surface area contributed by atoms with Gasteiger partial charge in [-0.2, -0.15) is 5.48 Å². The van der Waals surface area contributed by atoms with Crippen LogP contribution in [0.3, 0.4) is 0 Å². The van der Waals surface area contributed by atoms with Crippen molar-refractivity contribution in [1.82, 2.24) is 5.48 Å². The molecule has 0 aliphatic carbocycles. The first kappa shape index (κ1) is 17.0. The summed E-state index contributed by atoms with van der Waals surface area (Å²) in [6.07, 6.45) is 1.80. The van der Waals surface area contributed by atoms with Gasteiger partial charge in [0.25, 0.3) is 5.91 Å². The third-order valence-corrected chi connectivity index (χ3v) is 3.15. The molecule has 114 valence electrons. The fourth-order valence-electron chi connectivity index (χ4n) is 2.26. The summed E-state index contributed by atoms with van der Waals surface area (Å²) >= 11 is 0. The normalized spacial score (nSPS) is 10.1. The highest BCUT2D eigenvalue weighted by Crippen LogP contribution is 2.17. The Kier molecular flexibility index (Phi) is 6.15. The second-order valence-corrected chi connectivity index (χ2v) is 5.50. The van der Waals surface area contributed by atoms with E-state index in [1.165, 1.54) is 0 Å². The van der Waals surface area contributed by atoms with Crippen LogP contribution in [0.2, 0.25) is 0 Å². The Hall–Kier alpha value is -2.10. The molecule has 21 heavy (non-hydrogen) atoms. The lowest BCUT2D eigenvalue weighted by molar-refractivity contribution is -0.130. The summed E-state index contributed by atoms with van der Waals surface area (Å²) in [5.41, 5.74) is 6.51. The van der Waals surface area contributed by atoms with E-state index in [9.17, 15) is 9.59 Å². The molecule has 1 aromatic rings. The molecule has 0 aromatic heterocycles. The Morgan fingerprint density at radius 3 is 2.24 bits per heavy atom. The van der Waals surface area contributed by atoms with Crippen LogP contribution >= 0.6 is 0 Å². The second kappa shape index (κ2) is 7.62. The van der Waals surface area contributed by atoms with Crippen molar-refractivity contribution in [2.24, 2.45) is 0 Å². The first-order chi connectivity index (χ1) is 9.81. The molecule has 1 amide bonds. The number of allylic oxidation sites excluding steroid dienone is 1. The van der Waals surface area contributed by atoms with Crippen LogP contribution < -0.4 is 5.48 Å². The standard InChI is InChI=1S/C17H23NO3/c1-11(2)7-6-8-15(19)18-21-17(20)16-13(4)9-12(3)10-14(16)5/h9-10H,1,6-8H2,2-5H3,(H,18,19). The smallest absolute Gasteiger partial charge is 0.335 e. The van der Waals surface area contributed by atoms with Gasteiger partial charge < -0.3 is 4.84 Å². The molecular formula is C17H23NO3. The number of amides is 1. The van der Waals surface area contributed by atoms with E-state index >= 15 is 0 Å². The Balaban J connectivity index is 2.55. The second-order valence-electron chi connectivity index (χ2n) is 5.50. The van der Waals surface area contributed by atoms with E-state index in [1.54, 1.807) is 0 Å². The lowest BCUT2D eigenvalue weighted by Gasteiger charge is -2.11. The lowest BCUT2D eigenvalue weighted by Crippen LogP contribution is -2.27. The predicted molar refractivity (Wildman–Crippen MR) is 82.9 cm³/mol. The van der Waals surface area contributed by atoms with Gasteiger partial charge >= 0.3 is 5.97 Å². The van der Waals surface area contributed by atoms with Crippen LogP contribution in [-0.4, -0.2) is 11.9 Å². The third-order valence-electron chi connectivity index (χ3n) is 3.15. The van der Waals surface area contributed by atoms with E-state index in [-0.39, 0.29) is 5.91 Å². The molecule has 0 unspecified atom stereocenters. The van der Waals surface area contributed by atoms with Crippen LogP contribution in [0.15, 0.2) is 24.3 Å². The maximum absolute atomic E-state index is 12.0. The van der Waals surface area contributed by atoms with Crippen molar-refractivity contribution in [2.75, 3.05) is 0 Å². The molecule has 0 saturated heterocycles. The molecule has 0 aliphatic rings. The topological polar surface area (TPSA) is 55.4 Å². The van der Waals surface area contributed by atoms with E-state index in [0.717, 1.165) is 28.7 Å². The highest BCUT2D eigenvalue weighted by Gasteiger charge is 2.15. The average Bonchev–Trinajstić information content (AvgIpc) is 2.34. The zero-order valence-electron chi connectivity index (χ0n) is 13.2. The molecule has 0 bridgehead atoms. The summed E-state index contributed by atoms with van der Waals surface area (Å²) in [6.45, 7) is 11.4. The number of aryl methyl sites for hydroxylation is 3. The summed E-state index contributed by atoms with van der Waals surface area (Å²) in [5.74, 6) is -0.828. The molecule has 0 aliphatic heterocycles. The van der Waals surface area contributed by atoms with E-state index in [0.29, 0.717) is 18.4 Å². The first-order valence-corrected chi connectivity index (χ1v) is 7.03. The Morgan fingerprint density at radius 1 is 1.14 bits per heavy atom. The summed E-state index contributed by atoms with van der Waals surface area (Å²) in [4.78, 5) is 28.5. The number of carbonyl (C=O) groups excluding carboxylic acids is 2. The minimum absolute atomic E-state index is 0.299. The fraction of sp³-hybridized carbons (Fsp3) is 0.412. The Morgan fingerprint density at radius 2 is 1.71 bits per heavy atom. The summed E-state index contributed by atoms with van der Waals surface area (Å²) < 4.78 is 0. The van der Waals surface area contributed by atoms with Crippen LogP contribution in [-0.2, 0) is 9.63 Å². The van der Waals surface area contributed by atoms with Crippen molar-refractivity contribution < 1.29 is 14.4 Å². The molecule has 0 radical (unpaired) electrons. The van der Waals surface area contributed by atoms with Gasteiger partial charge in [0.05, 0.1) is 5.56 Å². The maximum atomic E-state index is 12.0. The minimum Gasteiger partial charge on any atom is -0.335 e. The summed E-state index contributed by atoms with van der Waals surface area (Å²) in [6, 6.07) is 3.83. The van der Waals surface area contributed by atoms with E-state index < -0.39 is 5.97 Å². The zero-order chi connectivity index (χ0) is 16.0. The monoisotopic (exact) mass is 289 g/mol. The molecule has 0 heterocycles. The third kappa shape index (κ3) is 5.42. The van der Waals surface area contributed by atoms with E-state index in [2.05, 4.69) is 12.1 Å². The van der Waals surface area contributed by atoms with Gasteiger partial charge in [-0.15, -0.1) is 6.58 Å². The number of hydroxylamine groups is 1. The van der Waals surface area contributed by atoms with E-state index in [1.807, 2.05) is 39.8 Å². The molecule has 1 N–H and O–H groups in total. The first-order valence-electron chi connectivity index (χ1n) is 7.03. The van der Waals surface area contributed by atoms with Crippen molar-refractivity contribution >= 4 is 11.9 Å². The fourth-order valence-corrected chi connectivity index (χ4v) is 2.26. The molecule has 0 saturated carbocycles. The van der Waals surface area contributed by atoms with Crippen LogP contribution in [0, 0.1) is 20.8 Å². The number of carbonyl (C=O) groups is 2. The van der Waals surface area contributed by atoms with Crippen LogP contribution in [0.25, 0.3) is 0 Å². The van der Waals surface area contributed by atoms with Gasteiger partial charge in [-0.25, -0.2) is 4.79 Å². The molecule has 0 fully saturated rings. The van der Waals surface area contributed by atoms with Gasteiger partial charge in [-0.1, -0.05) is 23.3 Å². The minimum atomic E-state index is -0.529. The Labute approximate surface area is 126 Å². The molecule has 0 atom stereocenters. The van der Waals surface area contributed by atoms with Crippen molar-refractivity contribution in [3.63, 3.8) is 0 Å². The van der Waals surface area contributed by atoms with Crippen molar-refractivity contribution in [1.29, 1.82) is 0 Å². The highest BCUT2D eigenvalue weighted by molar-refractivity contribution is 5.93. The zero-order valence-corrected chi connectivity index (χ0v) is 13.2. The highest BCUT2D eigenvalue weighted by atomic mass is 16.7. The number of benzene rings is 1. The molecule has 1 aromatic carbocycles. The summed E-state index contributed by atoms with van der Waals surface area (Å²) in [5, 5.41) is 0. The number of nitrogens with one attached hydrogen (secondary N) is 1. The van der Waals surface area contributed by atoms with Crippen molar-refractivity contribution in [3.8, 4) is 0 Å². The average molecular weight is 289 g/mol. The van der Waals surface area contributed by atoms with Crippen molar-refractivity contribution in [2.45, 2.75) is 47.0 Å². The lowest BCUT2D eigenvalue weighted by atomic mass is 10.0. The van der Waals surface area contributed by atoms with Gasteiger partial charge in [0, 0.05) is 6.42 Å². The molecule has 0 spiro atoms. The quantitative estimate of drug-likeness (QED) is 0.666. The van der Waals surface area contributed by atoms with Crippen LogP contribution in [0.4, 0.5) is 0 Å². The van der Waals surface area contributed by atoms with E-state index in [4.69, 9.17) is 4.84 Å². The summed E-state index contributed by atoms with van der Waals surface area (Å²) in [7, 11) is 0.